The van der Waals surface area contributed by atoms with Gasteiger partial charge in [0.1, 0.15) is 17.6 Å². The normalized spacial score (nSPS) is 16.2. The summed E-state index contributed by atoms with van der Waals surface area (Å²) in [6.45, 7) is 1.69. The number of furan rings is 2. The third-order valence-electron chi connectivity index (χ3n) is 5.92. The molecule has 0 saturated heterocycles. The van der Waals surface area contributed by atoms with Gasteiger partial charge < -0.3 is 18.7 Å². The molecule has 3 heterocycles. The SMILES string of the molecule is COc1cc(Cl)cc2cc(C(=O)C3=C(O)C(=O)N(c4ccc(S(N)(=O)=O)cc4)C3c3ccc(C)o3)oc12. The van der Waals surface area contributed by atoms with Crippen LogP contribution in [0.5, 0.6) is 5.75 Å². The van der Waals surface area contributed by atoms with Crippen LogP contribution < -0.4 is 14.8 Å². The smallest absolute Gasteiger partial charge is 0.294 e. The topological polar surface area (TPSA) is 153 Å². The fourth-order valence-electron chi connectivity index (χ4n) is 4.25. The lowest BCUT2D eigenvalue weighted by Gasteiger charge is -2.25. The Bertz CT molecular complexity index is 1720. The van der Waals surface area contributed by atoms with Crippen LogP contribution in [0.2, 0.25) is 5.02 Å². The summed E-state index contributed by atoms with van der Waals surface area (Å²) >= 11 is 6.13. The Balaban J connectivity index is 1.64. The van der Waals surface area contributed by atoms with Gasteiger partial charge in [0.15, 0.2) is 22.9 Å². The van der Waals surface area contributed by atoms with Crippen molar-refractivity contribution in [3.05, 3.63) is 88.2 Å². The fraction of sp³-hybridized carbons (Fsp3) is 0.120. The number of aliphatic hydroxyl groups excluding tert-OH is 1. The van der Waals surface area contributed by atoms with E-state index in [9.17, 15) is 23.1 Å². The lowest BCUT2D eigenvalue weighted by Crippen LogP contribution is -2.30. The van der Waals surface area contributed by atoms with Crippen molar-refractivity contribution in [2.75, 3.05) is 12.0 Å². The average Bonchev–Trinajstić information content (AvgIpc) is 3.54. The van der Waals surface area contributed by atoms with Gasteiger partial charge in [-0.15, -0.1) is 0 Å². The lowest BCUT2D eigenvalue weighted by atomic mass is 9.99. The molecule has 1 aliphatic rings. The number of ketones is 1. The van der Waals surface area contributed by atoms with E-state index in [0.717, 1.165) is 4.90 Å². The van der Waals surface area contributed by atoms with Crippen LogP contribution in [-0.4, -0.2) is 32.3 Å². The van der Waals surface area contributed by atoms with Crippen molar-refractivity contribution in [2.45, 2.75) is 17.9 Å². The number of rotatable bonds is 6. The molecule has 0 fully saturated rings. The van der Waals surface area contributed by atoms with E-state index in [1.807, 2.05) is 0 Å². The summed E-state index contributed by atoms with van der Waals surface area (Å²) < 4.78 is 40.1. The third-order valence-corrected chi connectivity index (χ3v) is 7.06. The molecular weight excluding hydrogens is 524 g/mol. The Morgan fingerprint density at radius 3 is 2.41 bits per heavy atom. The van der Waals surface area contributed by atoms with E-state index in [-0.39, 0.29) is 33.3 Å². The van der Waals surface area contributed by atoms with E-state index < -0.39 is 33.5 Å². The van der Waals surface area contributed by atoms with Crippen molar-refractivity contribution in [3.8, 4) is 5.75 Å². The highest BCUT2D eigenvalue weighted by Gasteiger charge is 2.47. The molecule has 5 rings (SSSR count). The maximum absolute atomic E-state index is 13.7. The average molecular weight is 543 g/mol. The minimum Gasteiger partial charge on any atom is -0.503 e. The van der Waals surface area contributed by atoms with E-state index in [1.165, 1.54) is 43.5 Å². The number of carbonyl (C=O) groups is 2. The number of hydrogen-bond acceptors (Lipinski definition) is 8. The molecule has 10 nitrogen and oxygen atoms in total. The highest BCUT2D eigenvalue weighted by Crippen LogP contribution is 2.43. The summed E-state index contributed by atoms with van der Waals surface area (Å²) in [4.78, 5) is 27.9. The van der Waals surface area contributed by atoms with E-state index in [0.29, 0.717) is 21.9 Å². The number of anilines is 1. The van der Waals surface area contributed by atoms with Gasteiger partial charge in [-0.05, 0) is 55.5 Å². The van der Waals surface area contributed by atoms with E-state index in [2.05, 4.69) is 0 Å². The van der Waals surface area contributed by atoms with E-state index in [1.54, 1.807) is 25.1 Å². The van der Waals surface area contributed by atoms with Crippen molar-refractivity contribution < 1.29 is 36.7 Å². The predicted molar refractivity (Wildman–Crippen MR) is 133 cm³/mol. The Morgan fingerprint density at radius 2 is 1.81 bits per heavy atom. The second-order valence-corrected chi connectivity index (χ2v) is 10.3. The molecule has 3 N–H and O–H groups in total. The number of benzene rings is 2. The second kappa shape index (κ2) is 8.80. The molecule has 1 amide bonds. The fourth-order valence-corrected chi connectivity index (χ4v) is 4.98. The number of primary sulfonamides is 1. The van der Waals surface area contributed by atoms with E-state index in [4.69, 9.17) is 30.3 Å². The number of Topliss-reactive ketones (excluding diaryl/α,β-unsaturated/α-hetero) is 1. The van der Waals surface area contributed by atoms with Gasteiger partial charge in [-0.2, -0.15) is 0 Å². The molecular formula is C25H19ClN2O8S. The maximum atomic E-state index is 13.7. The molecule has 0 spiro atoms. The van der Waals surface area contributed by atoms with Crippen LogP contribution in [-0.2, 0) is 14.8 Å². The van der Waals surface area contributed by atoms with Crippen LogP contribution in [0.4, 0.5) is 5.69 Å². The number of sulfonamides is 1. The molecule has 1 unspecified atom stereocenters. The molecule has 0 saturated carbocycles. The van der Waals surface area contributed by atoms with Gasteiger partial charge >= 0.3 is 0 Å². The van der Waals surface area contributed by atoms with Crippen LogP contribution in [0.15, 0.2) is 79.7 Å². The largest absolute Gasteiger partial charge is 0.503 e. The predicted octanol–water partition coefficient (Wildman–Crippen LogP) is 4.43. The Labute approximate surface area is 215 Å². The summed E-state index contributed by atoms with van der Waals surface area (Å²) in [5.74, 6) is -1.60. The number of methoxy groups -OCH3 is 1. The number of hydrogen-bond donors (Lipinski definition) is 2. The number of amides is 1. The standard InChI is InChI=1S/C25H19ClN2O8S/c1-12-3-8-17(35-12)21-20(22(29)18-10-13-9-14(26)11-19(34-2)24(13)36-18)23(30)25(31)28(21)15-4-6-16(7-5-15)37(27,32)33/h3-11,21,30H,1-2H3,(H2,27,32,33). The zero-order valence-electron chi connectivity index (χ0n) is 19.4. The first-order valence-electron chi connectivity index (χ1n) is 10.8. The van der Waals surface area contributed by atoms with Crippen molar-refractivity contribution in [2.24, 2.45) is 5.14 Å². The molecule has 1 aliphatic heterocycles. The molecule has 4 aromatic rings. The summed E-state index contributed by atoms with van der Waals surface area (Å²) in [7, 11) is -2.56. The highest BCUT2D eigenvalue weighted by atomic mass is 35.5. The summed E-state index contributed by atoms with van der Waals surface area (Å²) in [5, 5.41) is 16.9. The third kappa shape index (κ3) is 4.16. The summed E-state index contributed by atoms with van der Waals surface area (Å²) in [5.41, 5.74) is 0.184. The number of nitrogens with two attached hydrogens (primary N) is 1. The van der Waals surface area contributed by atoms with Gasteiger partial charge in [0.25, 0.3) is 5.91 Å². The zero-order valence-corrected chi connectivity index (χ0v) is 21.0. The molecule has 0 aliphatic carbocycles. The number of aryl methyl sites for hydroxylation is 1. The van der Waals surface area contributed by atoms with Gasteiger partial charge in [-0.3, -0.25) is 14.5 Å². The van der Waals surface area contributed by atoms with E-state index >= 15 is 0 Å². The minimum absolute atomic E-state index is 0.162. The van der Waals surface area contributed by atoms with Gasteiger partial charge in [-0.1, -0.05) is 11.6 Å². The van der Waals surface area contributed by atoms with Crippen molar-refractivity contribution in [3.63, 3.8) is 0 Å². The molecule has 2 aromatic heterocycles. The van der Waals surface area contributed by atoms with Crippen LogP contribution >= 0.6 is 11.6 Å². The number of aliphatic hydroxyl groups is 1. The van der Waals surface area contributed by atoms with Gasteiger partial charge in [0.2, 0.25) is 15.8 Å². The molecule has 0 bridgehead atoms. The number of ether oxygens (including phenoxy) is 1. The quantitative estimate of drug-likeness (QED) is 0.339. The lowest BCUT2D eigenvalue weighted by molar-refractivity contribution is -0.117. The summed E-state index contributed by atoms with van der Waals surface area (Å²) in [6.07, 6.45) is 0. The number of fused-ring (bicyclic) bond motifs is 1. The van der Waals surface area contributed by atoms with Crippen LogP contribution in [0.25, 0.3) is 11.0 Å². The number of halogens is 1. The molecule has 2 aromatic carbocycles. The first-order chi connectivity index (χ1) is 17.5. The first-order valence-corrected chi connectivity index (χ1v) is 12.7. The van der Waals surface area contributed by atoms with Crippen molar-refractivity contribution >= 4 is 50.0 Å². The zero-order chi connectivity index (χ0) is 26.6. The van der Waals surface area contributed by atoms with Gasteiger partial charge in [-0.25, -0.2) is 13.6 Å². The second-order valence-electron chi connectivity index (χ2n) is 8.29. The van der Waals surface area contributed by atoms with Crippen LogP contribution in [0.3, 0.4) is 0 Å². The molecule has 190 valence electrons. The van der Waals surface area contributed by atoms with Crippen molar-refractivity contribution in [1.29, 1.82) is 0 Å². The van der Waals surface area contributed by atoms with Crippen molar-refractivity contribution in [1.82, 2.24) is 0 Å². The summed E-state index contributed by atoms with van der Waals surface area (Å²) in [6, 6.07) is 11.7. The maximum Gasteiger partial charge on any atom is 0.294 e. The van der Waals surface area contributed by atoms with Crippen LogP contribution in [0, 0.1) is 6.92 Å². The molecule has 37 heavy (non-hydrogen) atoms. The minimum atomic E-state index is -3.98. The molecule has 12 heteroatoms. The van der Waals surface area contributed by atoms with Gasteiger partial charge in [0, 0.05) is 22.2 Å². The van der Waals surface area contributed by atoms with Gasteiger partial charge in [0.05, 0.1) is 17.6 Å². The number of nitrogens with zero attached hydrogens (tertiary/aromatic N) is 1. The van der Waals surface area contributed by atoms with Crippen LogP contribution in [0.1, 0.15) is 28.1 Å². The Morgan fingerprint density at radius 1 is 1.11 bits per heavy atom. The first kappa shape index (κ1) is 24.6. The Kier molecular flexibility index (Phi) is 5.86. The molecule has 0 radical (unpaired) electrons. The number of carbonyl (C=O) groups excluding carboxylic acids is 2. The molecule has 1 atom stereocenters. The monoisotopic (exact) mass is 542 g/mol. The Hall–Kier alpha value is -4.06. The highest BCUT2D eigenvalue weighted by molar-refractivity contribution is 7.89.